The summed E-state index contributed by atoms with van der Waals surface area (Å²) in [5, 5.41) is 4.42. The number of benzene rings is 1. The fraction of sp³-hybridized carbons (Fsp3) is 0.538. The van der Waals surface area contributed by atoms with E-state index in [4.69, 9.17) is 0 Å². The molecule has 0 radical (unpaired) electrons. The van der Waals surface area contributed by atoms with Crippen molar-refractivity contribution in [2.45, 2.75) is 13.0 Å². The van der Waals surface area contributed by atoms with Crippen molar-refractivity contribution in [3.05, 3.63) is 40.8 Å². The van der Waals surface area contributed by atoms with E-state index in [0.29, 0.717) is 5.92 Å². The topological polar surface area (TPSA) is 35.9 Å². The predicted octanol–water partition coefficient (Wildman–Crippen LogP) is 2.12. The van der Waals surface area contributed by atoms with E-state index in [-0.39, 0.29) is 0 Å². The van der Waals surface area contributed by atoms with Gasteiger partial charge in [-0.2, -0.15) is 0 Å². The summed E-state index contributed by atoms with van der Waals surface area (Å²) >= 11 is 0. The van der Waals surface area contributed by atoms with Crippen LogP contribution in [0.3, 0.4) is 0 Å². The smallest absolute Gasteiger partial charge is 0.0521 e. The predicted molar refractivity (Wildman–Crippen MR) is 68.3 cm³/mol. The lowest BCUT2D eigenvalue weighted by molar-refractivity contribution is 0.265. The molecule has 0 saturated carbocycles. The second kappa shape index (κ2) is 5.77. The first-order valence-electron chi connectivity index (χ1n) is 6.08. The van der Waals surface area contributed by atoms with Gasteiger partial charge < -0.3 is 0 Å². The van der Waals surface area contributed by atoms with Crippen LogP contribution in [0.25, 0.3) is 0 Å². The first-order valence-corrected chi connectivity index (χ1v) is 6.08. The molecule has 1 unspecified atom stereocenters. The Morgan fingerprint density at radius 3 is 2.88 bits per heavy atom. The van der Waals surface area contributed by atoms with Gasteiger partial charge in [0.2, 0.25) is 0 Å². The molecule has 0 spiro atoms. The Bertz CT molecular complexity index is 355. The monoisotopic (exact) mass is 233 g/mol. The van der Waals surface area contributed by atoms with Gasteiger partial charge >= 0.3 is 0 Å². The summed E-state index contributed by atoms with van der Waals surface area (Å²) in [5.74, 6) is 0.571. The fourth-order valence-corrected chi connectivity index (χ4v) is 2.45. The summed E-state index contributed by atoms with van der Waals surface area (Å²) in [5.41, 5.74) is 1.36. The second-order valence-corrected chi connectivity index (χ2v) is 4.80. The van der Waals surface area contributed by atoms with Gasteiger partial charge in [-0.3, -0.25) is 9.91 Å². The Morgan fingerprint density at radius 2 is 2.18 bits per heavy atom. The van der Waals surface area contributed by atoms with Crippen molar-refractivity contribution in [3.8, 4) is 0 Å². The van der Waals surface area contributed by atoms with Gasteiger partial charge in [0.05, 0.1) is 5.29 Å². The van der Waals surface area contributed by atoms with Gasteiger partial charge in [-0.25, -0.2) is 0 Å². The van der Waals surface area contributed by atoms with E-state index in [2.05, 4.69) is 34.5 Å². The average Bonchev–Trinajstić information content (AvgIpc) is 2.77. The third-order valence-electron chi connectivity index (χ3n) is 3.28. The van der Waals surface area contributed by atoms with E-state index in [1.165, 1.54) is 10.6 Å². The van der Waals surface area contributed by atoms with Crippen LogP contribution < -0.4 is 0 Å². The Labute approximate surface area is 102 Å². The van der Waals surface area contributed by atoms with Crippen molar-refractivity contribution in [3.63, 3.8) is 0 Å². The summed E-state index contributed by atoms with van der Waals surface area (Å²) in [7, 11) is 1.74. The summed E-state index contributed by atoms with van der Waals surface area (Å²) in [6.07, 6.45) is 1.16. The third-order valence-corrected chi connectivity index (χ3v) is 3.28. The molecule has 0 amide bonds. The van der Waals surface area contributed by atoms with Gasteiger partial charge in [0.1, 0.15) is 0 Å². The maximum Gasteiger partial charge on any atom is 0.0521 e. The lowest BCUT2D eigenvalue weighted by Gasteiger charge is -2.17. The van der Waals surface area contributed by atoms with Crippen LogP contribution in [0, 0.1) is 10.8 Å². The van der Waals surface area contributed by atoms with Crippen LogP contribution in [0.15, 0.2) is 35.6 Å². The minimum atomic E-state index is 0.571. The zero-order chi connectivity index (χ0) is 12.1. The van der Waals surface area contributed by atoms with Crippen molar-refractivity contribution in [1.82, 2.24) is 9.91 Å². The highest BCUT2D eigenvalue weighted by Crippen LogP contribution is 2.19. The number of rotatable bonds is 5. The molecule has 0 N–H and O–H groups in total. The first kappa shape index (κ1) is 12.0. The Kier molecular flexibility index (Phi) is 4.09. The molecule has 1 fully saturated rings. The number of hydrogen-bond acceptors (Lipinski definition) is 3. The summed E-state index contributed by atoms with van der Waals surface area (Å²) in [6.45, 7) is 3.96. The fourth-order valence-electron chi connectivity index (χ4n) is 2.45. The van der Waals surface area contributed by atoms with Gasteiger partial charge in [-0.05, 0) is 24.4 Å². The molecule has 1 aromatic rings. The lowest BCUT2D eigenvalue weighted by Crippen LogP contribution is -2.25. The van der Waals surface area contributed by atoms with Crippen LogP contribution in [-0.4, -0.2) is 36.6 Å². The number of nitrogens with zero attached hydrogens (tertiary/aromatic N) is 3. The van der Waals surface area contributed by atoms with Gasteiger partial charge in [0, 0.05) is 26.7 Å². The van der Waals surface area contributed by atoms with Crippen LogP contribution in [0.5, 0.6) is 0 Å². The van der Waals surface area contributed by atoms with Crippen molar-refractivity contribution >= 4 is 0 Å². The van der Waals surface area contributed by atoms with Gasteiger partial charge in [0.15, 0.2) is 0 Å². The van der Waals surface area contributed by atoms with Crippen molar-refractivity contribution < 1.29 is 0 Å². The molecule has 1 aromatic carbocycles. The van der Waals surface area contributed by atoms with Gasteiger partial charge in [0.25, 0.3) is 0 Å². The quantitative estimate of drug-likeness (QED) is 0.577. The number of hydrogen-bond donors (Lipinski definition) is 0. The third kappa shape index (κ3) is 3.53. The zero-order valence-corrected chi connectivity index (χ0v) is 10.2. The van der Waals surface area contributed by atoms with E-state index in [1.54, 1.807) is 7.05 Å². The maximum atomic E-state index is 10.3. The van der Waals surface area contributed by atoms with E-state index in [1.807, 2.05) is 6.07 Å². The molecule has 4 nitrogen and oxygen atoms in total. The molecule has 1 saturated heterocycles. The molecule has 2 rings (SSSR count). The van der Waals surface area contributed by atoms with Gasteiger partial charge in [-0.15, -0.1) is 4.91 Å². The minimum absolute atomic E-state index is 0.571. The minimum Gasteiger partial charge on any atom is -0.299 e. The van der Waals surface area contributed by atoms with Crippen LogP contribution in [0.2, 0.25) is 0 Å². The number of nitroso groups, excluding NO2 is 1. The highest BCUT2D eigenvalue weighted by Gasteiger charge is 2.23. The standard InChI is InChI=1S/C13H19N3O/c1-15(14-17)9-13-7-8-16(11-13)10-12-5-3-2-4-6-12/h2-6,13H,7-11H2,1H3. The Balaban J connectivity index is 1.80. The molecule has 0 aromatic heterocycles. The van der Waals surface area contributed by atoms with E-state index >= 15 is 0 Å². The van der Waals surface area contributed by atoms with E-state index in [0.717, 1.165) is 32.6 Å². The largest absolute Gasteiger partial charge is 0.299 e. The van der Waals surface area contributed by atoms with Crippen LogP contribution in [0.1, 0.15) is 12.0 Å². The maximum absolute atomic E-state index is 10.3. The molecule has 0 bridgehead atoms. The normalized spacial score (nSPS) is 20.4. The molecule has 92 valence electrons. The molecule has 1 aliphatic heterocycles. The average molecular weight is 233 g/mol. The molecule has 1 aliphatic rings. The van der Waals surface area contributed by atoms with Crippen molar-refractivity contribution in [2.24, 2.45) is 11.2 Å². The first-order chi connectivity index (χ1) is 8.28. The lowest BCUT2D eigenvalue weighted by atomic mass is 10.1. The zero-order valence-electron chi connectivity index (χ0n) is 10.2. The van der Waals surface area contributed by atoms with Crippen LogP contribution in [0.4, 0.5) is 0 Å². The summed E-state index contributed by atoms with van der Waals surface area (Å²) in [4.78, 5) is 12.8. The molecule has 4 heteroatoms. The SMILES string of the molecule is CN(CC1CCN(Cc2ccccc2)C1)N=O. The van der Waals surface area contributed by atoms with E-state index in [9.17, 15) is 4.91 Å². The Hall–Kier alpha value is -1.42. The highest BCUT2D eigenvalue weighted by molar-refractivity contribution is 5.14. The summed E-state index contributed by atoms with van der Waals surface area (Å²) in [6, 6.07) is 10.5. The molecular weight excluding hydrogens is 214 g/mol. The molecular formula is C13H19N3O. The van der Waals surface area contributed by atoms with Crippen molar-refractivity contribution in [2.75, 3.05) is 26.7 Å². The molecule has 1 heterocycles. The highest BCUT2D eigenvalue weighted by atomic mass is 16.3. The van der Waals surface area contributed by atoms with Crippen LogP contribution >= 0.6 is 0 Å². The Morgan fingerprint density at radius 1 is 1.41 bits per heavy atom. The van der Waals surface area contributed by atoms with Crippen LogP contribution in [-0.2, 0) is 6.54 Å². The molecule has 1 atom stereocenters. The summed E-state index contributed by atoms with van der Waals surface area (Å²) < 4.78 is 0. The molecule has 17 heavy (non-hydrogen) atoms. The molecule has 0 aliphatic carbocycles. The van der Waals surface area contributed by atoms with E-state index < -0.39 is 0 Å². The second-order valence-electron chi connectivity index (χ2n) is 4.80. The van der Waals surface area contributed by atoms with Gasteiger partial charge in [-0.1, -0.05) is 30.3 Å². The number of likely N-dealkylation sites (tertiary alicyclic amines) is 1. The van der Waals surface area contributed by atoms with Crippen molar-refractivity contribution in [1.29, 1.82) is 0 Å².